The molecule has 1 saturated carbocycles. The summed E-state index contributed by atoms with van der Waals surface area (Å²) < 4.78 is 11.0. The van der Waals surface area contributed by atoms with E-state index in [0.29, 0.717) is 12.5 Å². The Morgan fingerprint density at radius 3 is 2.52 bits per heavy atom. The quantitative estimate of drug-likeness (QED) is 0.759. The van der Waals surface area contributed by atoms with E-state index in [1.54, 1.807) is 0 Å². The molecule has 0 heterocycles. The smallest absolute Gasteiger partial charge is 0.407 e. The summed E-state index contributed by atoms with van der Waals surface area (Å²) in [5, 5.41) is 6.48. The van der Waals surface area contributed by atoms with Crippen LogP contribution in [0.2, 0.25) is 0 Å². The molecule has 4 unspecified atom stereocenters. The van der Waals surface area contributed by atoms with Gasteiger partial charge in [-0.05, 0) is 46.6 Å². The van der Waals surface area contributed by atoms with Crippen molar-refractivity contribution in [1.29, 1.82) is 0 Å². The zero-order chi connectivity index (χ0) is 16.0. The predicted molar refractivity (Wildman–Crippen MR) is 84.4 cm³/mol. The Bertz CT molecular complexity index is 328. The lowest BCUT2D eigenvalue weighted by Gasteiger charge is -2.45. The SMILES string of the molecule is CCOC1CC(NC(=O)OC(C)(C)C)C1NCC(C)CC. The largest absolute Gasteiger partial charge is 0.444 e. The maximum atomic E-state index is 11.9. The molecular weight excluding hydrogens is 268 g/mol. The lowest BCUT2D eigenvalue weighted by Crippen LogP contribution is -2.66. The predicted octanol–water partition coefficient (Wildman–Crippen LogP) is 2.69. The van der Waals surface area contributed by atoms with Crippen molar-refractivity contribution in [2.75, 3.05) is 13.2 Å². The summed E-state index contributed by atoms with van der Waals surface area (Å²) in [6.07, 6.45) is 1.81. The molecular formula is C16H32N2O3. The van der Waals surface area contributed by atoms with Crippen LogP contribution in [0.15, 0.2) is 0 Å². The van der Waals surface area contributed by atoms with Crippen LogP contribution in [-0.2, 0) is 9.47 Å². The van der Waals surface area contributed by atoms with Gasteiger partial charge in [-0.2, -0.15) is 0 Å². The number of carbonyl (C=O) groups excluding carboxylic acids is 1. The zero-order valence-electron chi connectivity index (χ0n) is 14.4. The normalized spacial score (nSPS) is 26.9. The first-order valence-corrected chi connectivity index (χ1v) is 8.11. The molecule has 1 aliphatic carbocycles. The van der Waals surface area contributed by atoms with E-state index in [-0.39, 0.29) is 24.3 Å². The molecule has 4 atom stereocenters. The van der Waals surface area contributed by atoms with Gasteiger partial charge in [0.25, 0.3) is 0 Å². The number of amides is 1. The summed E-state index contributed by atoms with van der Waals surface area (Å²) in [4.78, 5) is 11.9. The fourth-order valence-electron chi connectivity index (χ4n) is 2.36. The Balaban J connectivity index is 2.46. The van der Waals surface area contributed by atoms with Gasteiger partial charge in [-0.25, -0.2) is 4.79 Å². The number of hydrogen-bond donors (Lipinski definition) is 2. The highest BCUT2D eigenvalue weighted by atomic mass is 16.6. The Hall–Kier alpha value is -0.810. The molecule has 0 aromatic carbocycles. The van der Waals surface area contributed by atoms with Crippen molar-refractivity contribution in [2.45, 2.75) is 78.2 Å². The van der Waals surface area contributed by atoms with E-state index >= 15 is 0 Å². The summed E-state index contributed by atoms with van der Waals surface area (Å²) in [5.41, 5.74) is -0.465. The molecule has 0 aromatic rings. The maximum absolute atomic E-state index is 11.9. The van der Waals surface area contributed by atoms with E-state index in [4.69, 9.17) is 9.47 Å². The van der Waals surface area contributed by atoms with Gasteiger partial charge in [-0.1, -0.05) is 20.3 Å². The monoisotopic (exact) mass is 300 g/mol. The van der Waals surface area contributed by atoms with Gasteiger partial charge in [0, 0.05) is 6.61 Å². The molecule has 5 heteroatoms. The average Bonchev–Trinajstić information content (AvgIpc) is 2.35. The Kier molecular flexibility index (Phi) is 6.94. The van der Waals surface area contributed by atoms with Crippen molar-refractivity contribution in [3.05, 3.63) is 0 Å². The van der Waals surface area contributed by atoms with Crippen LogP contribution in [-0.4, -0.2) is 43.0 Å². The average molecular weight is 300 g/mol. The molecule has 0 spiro atoms. The van der Waals surface area contributed by atoms with Crippen molar-refractivity contribution >= 4 is 6.09 Å². The third kappa shape index (κ3) is 6.22. The molecule has 124 valence electrons. The van der Waals surface area contributed by atoms with Crippen LogP contribution in [0, 0.1) is 5.92 Å². The van der Waals surface area contributed by atoms with Crippen molar-refractivity contribution in [2.24, 2.45) is 5.92 Å². The molecule has 0 aromatic heterocycles. The van der Waals surface area contributed by atoms with E-state index in [2.05, 4.69) is 24.5 Å². The minimum absolute atomic E-state index is 0.0838. The summed E-state index contributed by atoms with van der Waals surface area (Å²) >= 11 is 0. The molecule has 1 amide bonds. The second kappa shape index (κ2) is 7.99. The van der Waals surface area contributed by atoms with Gasteiger partial charge in [0.15, 0.2) is 0 Å². The Morgan fingerprint density at radius 2 is 2.00 bits per heavy atom. The van der Waals surface area contributed by atoms with E-state index < -0.39 is 5.60 Å². The second-order valence-electron chi connectivity index (χ2n) is 6.93. The highest BCUT2D eigenvalue weighted by Crippen LogP contribution is 2.25. The molecule has 0 saturated heterocycles. The van der Waals surface area contributed by atoms with Gasteiger partial charge >= 0.3 is 6.09 Å². The molecule has 1 fully saturated rings. The Morgan fingerprint density at radius 1 is 1.33 bits per heavy atom. The van der Waals surface area contributed by atoms with Crippen LogP contribution in [0.5, 0.6) is 0 Å². The highest BCUT2D eigenvalue weighted by molar-refractivity contribution is 5.68. The number of alkyl carbamates (subject to hydrolysis) is 1. The topological polar surface area (TPSA) is 59.6 Å². The summed E-state index contributed by atoms with van der Waals surface area (Å²) in [6.45, 7) is 13.7. The van der Waals surface area contributed by atoms with E-state index in [0.717, 1.165) is 19.4 Å². The zero-order valence-corrected chi connectivity index (χ0v) is 14.4. The van der Waals surface area contributed by atoms with Crippen LogP contribution < -0.4 is 10.6 Å². The molecule has 2 N–H and O–H groups in total. The lowest BCUT2D eigenvalue weighted by atomic mass is 9.82. The van der Waals surface area contributed by atoms with Gasteiger partial charge in [-0.3, -0.25) is 0 Å². The van der Waals surface area contributed by atoms with Crippen LogP contribution in [0.1, 0.15) is 54.4 Å². The summed E-state index contributed by atoms with van der Waals surface area (Å²) in [5.74, 6) is 0.620. The first-order chi connectivity index (χ1) is 9.76. The highest BCUT2D eigenvalue weighted by Gasteiger charge is 2.42. The van der Waals surface area contributed by atoms with E-state index in [9.17, 15) is 4.79 Å². The number of hydrogen-bond acceptors (Lipinski definition) is 4. The first-order valence-electron chi connectivity index (χ1n) is 8.11. The van der Waals surface area contributed by atoms with Crippen LogP contribution in [0.3, 0.4) is 0 Å². The van der Waals surface area contributed by atoms with Crippen molar-refractivity contribution in [3.8, 4) is 0 Å². The van der Waals surface area contributed by atoms with Gasteiger partial charge in [-0.15, -0.1) is 0 Å². The minimum Gasteiger partial charge on any atom is -0.444 e. The van der Waals surface area contributed by atoms with Gasteiger partial charge < -0.3 is 20.1 Å². The lowest BCUT2D eigenvalue weighted by molar-refractivity contribution is -0.0440. The fraction of sp³-hybridized carbons (Fsp3) is 0.938. The van der Waals surface area contributed by atoms with Gasteiger partial charge in [0.2, 0.25) is 0 Å². The second-order valence-corrected chi connectivity index (χ2v) is 6.93. The van der Waals surface area contributed by atoms with Crippen molar-refractivity contribution in [1.82, 2.24) is 10.6 Å². The third-order valence-electron chi connectivity index (χ3n) is 3.80. The summed E-state index contributed by atoms with van der Waals surface area (Å²) in [6, 6.07) is 0.256. The maximum Gasteiger partial charge on any atom is 0.407 e. The molecule has 0 aliphatic heterocycles. The van der Waals surface area contributed by atoms with E-state index in [1.807, 2.05) is 27.7 Å². The number of nitrogens with one attached hydrogen (secondary N) is 2. The fourth-order valence-corrected chi connectivity index (χ4v) is 2.36. The summed E-state index contributed by atoms with van der Waals surface area (Å²) in [7, 11) is 0. The van der Waals surface area contributed by atoms with Gasteiger partial charge in [0.1, 0.15) is 5.60 Å². The standard InChI is InChI=1S/C16H32N2O3/c1-7-11(3)10-17-14-12(9-13(14)20-8-2)18-15(19)21-16(4,5)6/h11-14,17H,7-10H2,1-6H3,(H,18,19). The molecule has 1 rings (SSSR count). The minimum atomic E-state index is -0.465. The molecule has 5 nitrogen and oxygen atoms in total. The number of carbonyl (C=O) groups is 1. The molecule has 21 heavy (non-hydrogen) atoms. The third-order valence-corrected chi connectivity index (χ3v) is 3.80. The molecule has 0 radical (unpaired) electrons. The van der Waals surface area contributed by atoms with Crippen LogP contribution in [0.4, 0.5) is 4.79 Å². The van der Waals surface area contributed by atoms with E-state index in [1.165, 1.54) is 0 Å². The van der Waals surface area contributed by atoms with Crippen LogP contribution in [0.25, 0.3) is 0 Å². The van der Waals surface area contributed by atoms with Gasteiger partial charge in [0.05, 0.1) is 18.2 Å². The van der Waals surface area contributed by atoms with Crippen molar-refractivity contribution in [3.63, 3.8) is 0 Å². The Labute approximate surface area is 129 Å². The van der Waals surface area contributed by atoms with Crippen molar-refractivity contribution < 1.29 is 14.3 Å². The number of ether oxygens (including phenoxy) is 2. The van der Waals surface area contributed by atoms with Crippen LogP contribution >= 0.6 is 0 Å². The molecule has 0 bridgehead atoms. The first kappa shape index (κ1) is 18.2. The molecule has 1 aliphatic rings. The number of rotatable bonds is 7.